The van der Waals surface area contributed by atoms with Gasteiger partial charge >= 0.3 is 0 Å². The number of rotatable bonds is 3. The van der Waals surface area contributed by atoms with Crippen LogP contribution in [0.1, 0.15) is 19.8 Å². The quantitative estimate of drug-likeness (QED) is 0.928. The Bertz CT molecular complexity index is 748. The van der Waals surface area contributed by atoms with Gasteiger partial charge in [0.05, 0.1) is 17.5 Å². The number of nitrogens with zero attached hydrogens (tertiary/aromatic N) is 5. The monoisotopic (exact) mass is 312 g/mol. The van der Waals surface area contributed by atoms with Gasteiger partial charge in [0, 0.05) is 26.3 Å². The fourth-order valence-electron chi connectivity index (χ4n) is 3.26. The number of amides is 1. The largest absolute Gasteiger partial charge is 0.354 e. The number of fused-ring (bicyclic) bond motifs is 1. The van der Waals surface area contributed by atoms with E-state index in [9.17, 15) is 4.79 Å². The highest BCUT2D eigenvalue weighted by atomic mass is 16.2. The predicted octanol–water partition coefficient (Wildman–Crippen LogP) is 1.54. The highest BCUT2D eigenvalue weighted by molar-refractivity contribution is 5.87. The molecule has 7 heteroatoms. The van der Waals surface area contributed by atoms with Crippen LogP contribution in [-0.4, -0.2) is 51.9 Å². The predicted molar refractivity (Wildman–Crippen MR) is 86.7 cm³/mol. The first-order valence-corrected chi connectivity index (χ1v) is 7.77. The van der Waals surface area contributed by atoms with Crippen LogP contribution in [0, 0.1) is 17.2 Å². The van der Waals surface area contributed by atoms with Crippen LogP contribution in [-0.2, 0) is 4.79 Å². The Morgan fingerprint density at radius 1 is 1.57 bits per heavy atom. The molecule has 2 aromatic heterocycles. The summed E-state index contributed by atoms with van der Waals surface area (Å²) in [5.41, 5.74) is 0.808. The van der Waals surface area contributed by atoms with Gasteiger partial charge < -0.3 is 14.8 Å². The van der Waals surface area contributed by atoms with Gasteiger partial charge in [0.1, 0.15) is 24.2 Å². The van der Waals surface area contributed by atoms with Crippen LogP contribution in [0.4, 0.5) is 5.82 Å². The summed E-state index contributed by atoms with van der Waals surface area (Å²) in [5.74, 6) is 1.21. The highest BCUT2D eigenvalue weighted by Crippen LogP contribution is 2.28. The average Bonchev–Trinajstić information content (AvgIpc) is 3.03. The van der Waals surface area contributed by atoms with Gasteiger partial charge in [0.15, 0.2) is 0 Å². The summed E-state index contributed by atoms with van der Waals surface area (Å²) >= 11 is 0. The normalized spacial score (nSPS) is 21.2. The molecule has 1 amide bonds. The number of nitrogens with one attached hydrogen (secondary N) is 1. The van der Waals surface area contributed by atoms with E-state index in [1.54, 1.807) is 11.2 Å². The SMILES string of the molecule is C[C@H]1CCN(C(=O)CC#N)CC1N(C)c1ncnc2[nH]ccc12. The van der Waals surface area contributed by atoms with E-state index in [4.69, 9.17) is 5.26 Å². The number of nitriles is 1. The van der Waals surface area contributed by atoms with Crippen LogP contribution in [0.15, 0.2) is 18.6 Å². The third-order valence-electron chi connectivity index (χ3n) is 4.67. The Balaban J connectivity index is 1.85. The lowest BCUT2D eigenvalue weighted by Crippen LogP contribution is -2.52. The number of likely N-dealkylation sites (tertiary alicyclic amines) is 1. The van der Waals surface area contributed by atoms with E-state index in [1.165, 1.54) is 0 Å². The van der Waals surface area contributed by atoms with Crippen molar-refractivity contribution in [1.82, 2.24) is 19.9 Å². The smallest absolute Gasteiger partial charge is 0.236 e. The second-order valence-electron chi connectivity index (χ2n) is 6.06. The molecule has 0 saturated carbocycles. The zero-order valence-corrected chi connectivity index (χ0v) is 13.4. The number of likely N-dealkylation sites (N-methyl/N-ethyl adjacent to an activating group) is 1. The average molecular weight is 312 g/mol. The summed E-state index contributed by atoms with van der Waals surface area (Å²) in [6, 6.07) is 4.07. The Morgan fingerprint density at radius 2 is 2.39 bits per heavy atom. The van der Waals surface area contributed by atoms with E-state index in [0.717, 1.165) is 29.8 Å². The van der Waals surface area contributed by atoms with Gasteiger partial charge in [-0.3, -0.25) is 4.79 Å². The molecule has 1 aliphatic heterocycles. The van der Waals surface area contributed by atoms with Crippen LogP contribution in [0.3, 0.4) is 0 Å². The first-order chi connectivity index (χ1) is 11.1. The Hall–Kier alpha value is -2.62. The molecule has 3 rings (SSSR count). The minimum atomic E-state index is -0.0905. The number of anilines is 1. The molecule has 1 aliphatic rings. The first kappa shape index (κ1) is 15.3. The summed E-state index contributed by atoms with van der Waals surface area (Å²) in [7, 11) is 2.01. The van der Waals surface area contributed by atoms with E-state index >= 15 is 0 Å². The van der Waals surface area contributed by atoms with Gasteiger partial charge in [-0.05, 0) is 18.4 Å². The maximum atomic E-state index is 12.0. The molecule has 2 atom stereocenters. The molecule has 1 unspecified atom stereocenters. The lowest BCUT2D eigenvalue weighted by molar-refractivity contribution is -0.131. The van der Waals surface area contributed by atoms with Crippen LogP contribution in [0.2, 0.25) is 0 Å². The molecule has 0 bridgehead atoms. The summed E-state index contributed by atoms with van der Waals surface area (Å²) in [5, 5.41) is 9.71. The van der Waals surface area contributed by atoms with Crippen molar-refractivity contribution < 1.29 is 4.79 Å². The molecule has 0 aliphatic carbocycles. The lowest BCUT2D eigenvalue weighted by atomic mass is 9.92. The third-order valence-corrected chi connectivity index (χ3v) is 4.67. The molecule has 1 saturated heterocycles. The minimum Gasteiger partial charge on any atom is -0.354 e. The number of H-pyrrole nitrogens is 1. The van der Waals surface area contributed by atoms with E-state index < -0.39 is 0 Å². The second-order valence-corrected chi connectivity index (χ2v) is 6.06. The summed E-state index contributed by atoms with van der Waals surface area (Å²) < 4.78 is 0. The number of aromatic nitrogens is 3. The van der Waals surface area contributed by atoms with Crippen molar-refractivity contribution in [3.63, 3.8) is 0 Å². The van der Waals surface area contributed by atoms with Crippen LogP contribution >= 0.6 is 0 Å². The summed E-state index contributed by atoms with van der Waals surface area (Å²) in [6.07, 6.45) is 4.27. The second kappa shape index (κ2) is 6.24. The number of carbonyl (C=O) groups is 1. The molecule has 2 aromatic rings. The number of piperidine rings is 1. The van der Waals surface area contributed by atoms with Crippen molar-refractivity contribution in [2.24, 2.45) is 5.92 Å². The maximum Gasteiger partial charge on any atom is 0.236 e. The van der Waals surface area contributed by atoms with Crippen LogP contribution in [0.25, 0.3) is 11.0 Å². The van der Waals surface area contributed by atoms with Gasteiger partial charge in [0.2, 0.25) is 5.91 Å². The zero-order valence-electron chi connectivity index (χ0n) is 13.4. The van der Waals surface area contributed by atoms with Gasteiger partial charge in [-0.15, -0.1) is 0 Å². The maximum absolute atomic E-state index is 12.0. The molecule has 3 heterocycles. The third kappa shape index (κ3) is 2.84. The number of hydrogen-bond acceptors (Lipinski definition) is 5. The highest BCUT2D eigenvalue weighted by Gasteiger charge is 2.32. The molecule has 0 radical (unpaired) electrons. The number of hydrogen-bond donors (Lipinski definition) is 1. The van der Waals surface area contributed by atoms with Gasteiger partial charge in [0.25, 0.3) is 0 Å². The number of carbonyl (C=O) groups excluding carboxylic acids is 1. The fraction of sp³-hybridized carbons (Fsp3) is 0.500. The van der Waals surface area contributed by atoms with Crippen molar-refractivity contribution in [2.75, 3.05) is 25.0 Å². The standard InChI is InChI=1S/C16H20N6O/c1-11-5-8-22(14(23)3-6-17)9-13(11)21(2)16-12-4-7-18-15(12)19-10-20-16/h4,7,10-11,13H,3,5,8-9H2,1-2H3,(H,18,19,20)/t11-,13?/m0/s1. The Kier molecular flexibility index (Phi) is 4.15. The van der Waals surface area contributed by atoms with Crippen molar-refractivity contribution in [2.45, 2.75) is 25.8 Å². The molecule has 1 fully saturated rings. The van der Waals surface area contributed by atoms with E-state index in [-0.39, 0.29) is 18.4 Å². The van der Waals surface area contributed by atoms with Crippen molar-refractivity contribution in [1.29, 1.82) is 5.26 Å². The molecular formula is C16H20N6O. The number of aromatic amines is 1. The molecule has 23 heavy (non-hydrogen) atoms. The molecule has 7 nitrogen and oxygen atoms in total. The summed E-state index contributed by atoms with van der Waals surface area (Å²) in [4.78, 5) is 27.7. The molecule has 120 valence electrons. The molecule has 1 N–H and O–H groups in total. The van der Waals surface area contributed by atoms with Crippen LogP contribution in [0.5, 0.6) is 0 Å². The topological polar surface area (TPSA) is 88.9 Å². The van der Waals surface area contributed by atoms with Gasteiger partial charge in [-0.25, -0.2) is 9.97 Å². The fourth-order valence-corrected chi connectivity index (χ4v) is 3.26. The molecule has 0 aromatic carbocycles. The first-order valence-electron chi connectivity index (χ1n) is 7.77. The van der Waals surface area contributed by atoms with Gasteiger partial charge in [-0.1, -0.05) is 6.92 Å². The minimum absolute atomic E-state index is 0.0552. The van der Waals surface area contributed by atoms with Crippen molar-refractivity contribution in [3.05, 3.63) is 18.6 Å². The summed E-state index contributed by atoms with van der Waals surface area (Å²) in [6.45, 7) is 3.53. The van der Waals surface area contributed by atoms with Gasteiger partial charge in [-0.2, -0.15) is 5.26 Å². The van der Waals surface area contributed by atoms with E-state index in [2.05, 4.69) is 26.8 Å². The Labute approximate surface area is 134 Å². The molecule has 0 spiro atoms. The van der Waals surface area contributed by atoms with Crippen molar-refractivity contribution in [3.8, 4) is 6.07 Å². The van der Waals surface area contributed by atoms with Crippen LogP contribution < -0.4 is 4.90 Å². The van der Waals surface area contributed by atoms with E-state index in [0.29, 0.717) is 12.5 Å². The Morgan fingerprint density at radius 3 is 3.17 bits per heavy atom. The lowest BCUT2D eigenvalue weighted by Gasteiger charge is -2.42. The zero-order chi connectivity index (χ0) is 16.4. The van der Waals surface area contributed by atoms with Crippen molar-refractivity contribution >= 4 is 22.8 Å². The molecular weight excluding hydrogens is 292 g/mol. The van der Waals surface area contributed by atoms with E-state index in [1.807, 2.05) is 25.4 Å².